The zero-order valence-electron chi connectivity index (χ0n) is 12.6. The van der Waals surface area contributed by atoms with E-state index in [-0.39, 0.29) is 0 Å². The summed E-state index contributed by atoms with van der Waals surface area (Å²) in [5.41, 5.74) is 0. The first-order valence-corrected chi connectivity index (χ1v) is 8.47. The molecule has 3 saturated heterocycles. The van der Waals surface area contributed by atoms with E-state index in [0.29, 0.717) is 12.1 Å². The second-order valence-electron chi connectivity index (χ2n) is 6.50. The lowest BCUT2D eigenvalue weighted by atomic mass is 10.0. The lowest BCUT2D eigenvalue weighted by Crippen LogP contribution is -2.42. The van der Waals surface area contributed by atoms with E-state index >= 15 is 0 Å². The Kier molecular flexibility index (Phi) is 3.82. The van der Waals surface area contributed by atoms with Crippen molar-refractivity contribution in [2.24, 2.45) is 0 Å². The molecule has 4 heterocycles. The molecule has 1 atom stereocenters. The molecule has 6 nitrogen and oxygen atoms in total. The molecule has 0 amide bonds. The predicted molar refractivity (Wildman–Crippen MR) is 80.3 cm³/mol. The Hall–Kier alpha value is -1.14. The SMILES string of the molecule is C1CCN(c2noc(C3CCCN3C3CCNCC3)n2)C1. The molecule has 0 radical (unpaired) electrons. The predicted octanol–water partition coefficient (Wildman–Crippen LogP) is 1.56. The Bertz CT molecular complexity index is 464. The lowest BCUT2D eigenvalue weighted by Gasteiger charge is -2.34. The summed E-state index contributed by atoms with van der Waals surface area (Å²) in [6, 6.07) is 1.03. The highest BCUT2D eigenvalue weighted by molar-refractivity contribution is 5.29. The van der Waals surface area contributed by atoms with Crippen molar-refractivity contribution in [2.45, 2.75) is 50.6 Å². The molecule has 0 spiro atoms. The van der Waals surface area contributed by atoms with Crippen molar-refractivity contribution in [3.8, 4) is 0 Å². The van der Waals surface area contributed by atoms with Crippen LogP contribution in [0.5, 0.6) is 0 Å². The van der Waals surface area contributed by atoms with E-state index in [1.54, 1.807) is 0 Å². The van der Waals surface area contributed by atoms with Crippen molar-refractivity contribution >= 4 is 5.95 Å². The van der Waals surface area contributed by atoms with Gasteiger partial charge in [-0.2, -0.15) is 4.98 Å². The van der Waals surface area contributed by atoms with Crippen molar-refractivity contribution < 1.29 is 4.52 Å². The van der Waals surface area contributed by atoms with Gasteiger partial charge in [-0.1, -0.05) is 0 Å². The van der Waals surface area contributed by atoms with Crippen LogP contribution in [0.4, 0.5) is 5.95 Å². The van der Waals surface area contributed by atoms with E-state index in [1.807, 2.05) is 0 Å². The van der Waals surface area contributed by atoms with Crippen LogP contribution in [0.1, 0.15) is 50.5 Å². The minimum atomic E-state index is 0.344. The summed E-state index contributed by atoms with van der Waals surface area (Å²) in [6.07, 6.45) is 7.37. The Balaban J connectivity index is 1.48. The van der Waals surface area contributed by atoms with Crippen LogP contribution in [-0.4, -0.2) is 53.8 Å². The summed E-state index contributed by atoms with van der Waals surface area (Å²) < 4.78 is 5.62. The molecule has 3 aliphatic rings. The minimum Gasteiger partial charge on any atom is -0.338 e. The van der Waals surface area contributed by atoms with Gasteiger partial charge in [0.1, 0.15) is 0 Å². The van der Waals surface area contributed by atoms with E-state index in [4.69, 9.17) is 9.51 Å². The van der Waals surface area contributed by atoms with Gasteiger partial charge in [0.2, 0.25) is 5.89 Å². The van der Waals surface area contributed by atoms with E-state index in [9.17, 15) is 0 Å². The molecule has 6 heteroatoms. The zero-order valence-corrected chi connectivity index (χ0v) is 12.6. The first kappa shape index (κ1) is 13.5. The van der Waals surface area contributed by atoms with Crippen molar-refractivity contribution in [1.82, 2.24) is 20.4 Å². The van der Waals surface area contributed by atoms with E-state index in [2.05, 4.69) is 20.3 Å². The Labute approximate surface area is 125 Å². The van der Waals surface area contributed by atoms with Gasteiger partial charge < -0.3 is 14.7 Å². The summed E-state index contributed by atoms with van der Waals surface area (Å²) in [5.74, 6) is 1.65. The summed E-state index contributed by atoms with van der Waals surface area (Å²) in [7, 11) is 0. The molecule has 0 saturated carbocycles. The number of aromatic nitrogens is 2. The molecule has 0 aromatic carbocycles. The molecule has 0 bridgehead atoms. The molecule has 0 aliphatic carbocycles. The van der Waals surface area contributed by atoms with Crippen LogP contribution < -0.4 is 10.2 Å². The van der Waals surface area contributed by atoms with Crippen LogP contribution in [0.15, 0.2) is 4.52 Å². The second-order valence-corrected chi connectivity index (χ2v) is 6.50. The molecule has 1 aromatic rings. The Morgan fingerprint density at radius 3 is 2.62 bits per heavy atom. The molecule has 1 aromatic heterocycles. The maximum absolute atomic E-state index is 5.62. The summed E-state index contributed by atoms with van der Waals surface area (Å²) in [4.78, 5) is 9.57. The van der Waals surface area contributed by atoms with Gasteiger partial charge in [0.05, 0.1) is 6.04 Å². The largest absolute Gasteiger partial charge is 0.338 e. The van der Waals surface area contributed by atoms with E-state index in [0.717, 1.165) is 44.4 Å². The van der Waals surface area contributed by atoms with Gasteiger partial charge in [0, 0.05) is 19.1 Å². The van der Waals surface area contributed by atoms with Crippen LogP contribution in [0.25, 0.3) is 0 Å². The quantitative estimate of drug-likeness (QED) is 0.912. The number of piperidine rings is 1. The van der Waals surface area contributed by atoms with Gasteiger partial charge in [-0.25, -0.2) is 0 Å². The molecule has 1 N–H and O–H groups in total. The number of rotatable bonds is 3. The molecule has 4 rings (SSSR count). The summed E-state index contributed by atoms with van der Waals surface area (Å²) in [5, 5.41) is 7.67. The monoisotopic (exact) mass is 291 g/mol. The van der Waals surface area contributed by atoms with Gasteiger partial charge in [-0.05, 0) is 63.3 Å². The van der Waals surface area contributed by atoms with Gasteiger partial charge in [0.25, 0.3) is 5.95 Å². The lowest BCUT2D eigenvalue weighted by molar-refractivity contribution is 0.126. The molecular formula is C15H25N5O. The van der Waals surface area contributed by atoms with Crippen LogP contribution in [0, 0.1) is 0 Å². The number of nitrogens with one attached hydrogen (secondary N) is 1. The third-order valence-corrected chi connectivity index (χ3v) is 5.18. The highest BCUT2D eigenvalue weighted by atomic mass is 16.5. The number of likely N-dealkylation sites (tertiary alicyclic amines) is 1. The number of hydrogen-bond acceptors (Lipinski definition) is 6. The van der Waals surface area contributed by atoms with Crippen molar-refractivity contribution in [3.05, 3.63) is 5.89 Å². The highest BCUT2D eigenvalue weighted by Gasteiger charge is 2.36. The van der Waals surface area contributed by atoms with E-state index < -0.39 is 0 Å². The maximum atomic E-state index is 5.62. The van der Waals surface area contributed by atoms with Gasteiger partial charge in [0.15, 0.2) is 0 Å². The van der Waals surface area contributed by atoms with Crippen molar-refractivity contribution in [2.75, 3.05) is 37.6 Å². The first-order chi connectivity index (χ1) is 10.4. The number of anilines is 1. The Morgan fingerprint density at radius 1 is 1.00 bits per heavy atom. The molecular weight excluding hydrogens is 266 g/mol. The third-order valence-electron chi connectivity index (χ3n) is 5.18. The average molecular weight is 291 g/mol. The topological polar surface area (TPSA) is 57.4 Å². The number of hydrogen-bond donors (Lipinski definition) is 1. The van der Waals surface area contributed by atoms with E-state index in [1.165, 1.54) is 38.6 Å². The van der Waals surface area contributed by atoms with Gasteiger partial charge in [-0.15, -0.1) is 0 Å². The van der Waals surface area contributed by atoms with Gasteiger partial charge >= 0.3 is 0 Å². The fraction of sp³-hybridized carbons (Fsp3) is 0.867. The van der Waals surface area contributed by atoms with Crippen LogP contribution >= 0.6 is 0 Å². The number of nitrogens with zero attached hydrogens (tertiary/aromatic N) is 4. The third kappa shape index (κ3) is 2.66. The molecule has 3 aliphatic heterocycles. The van der Waals surface area contributed by atoms with Crippen molar-refractivity contribution in [1.29, 1.82) is 0 Å². The summed E-state index contributed by atoms with van der Waals surface area (Å²) >= 11 is 0. The highest BCUT2D eigenvalue weighted by Crippen LogP contribution is 2.35. The molecule has 21 heavy (non-hydrogen) atoms. The van der Waals surface area contributed by atoms with Crippen molar-refractivity contribution in [3.63, 3.8) is 0 Å². The summed E-state index contributed by atoms with van der Waals surface area (Å²) in [6.45, 7) is 5.59. The van der Waals surface area contributed by atoms with Crippen LogP contribution in [0.2, 0.25) is 0 Å². The average Bonchev–Trinajstić information content (AvgIpc) is 3.27. The van der Waals surface area contributed by atoms with Gasteiger partial charge in [-0.3, -0.25) is 4.90 Å². The molecule has 3 fully saturated rings. The van der Waals surface area contributed by atoms with Crippen LogP contribution in [0.3, 0.4) is 0 Å². The fourth-order valence-corrected chi connectivity index (χ4v) is 4.04. The maximum Gasteiger partial charge on any atom is 0.266 e. The Morgan fingerprint density at radius 2 is 1.81 bits per heavy atom. The minimum absolute atomic E-state index is 0.344. The zero-order chi connectivity index (χ0) is 14.1. The fourth-order valence-electron chi connectivity index (χ4n) is 4.04. The molecule has 116 valence electrons. The smallest absolute Gasteiger partial charge is 0.266 e. The standard InChI is InChI=1S/C15H25N5O/c1-2-10-19(9-1)15-17-14(21-18-15)13-4-3-11-20(13)12-5-7-16-8-6-12/h12-13,16H,1-11H2. The van der Waals surface area contributed by atoms with Crippen LogP contribution in [-0.2, 0) is 0 Å². The normalized spacial score (nSPS) is 28.6. The molecule has 1 unspecified atom stereocenters. The second kappa shape index (κ2) is 5.93. The first-order valence-electron chi connectivity index (χ1n) is 8.47.